The zero-order chi connectivity index (χ0) is 20.1. The van der Waals surface area contributed by atoms with Crippen molar-refractivity contribution in [1.29, 1.82) is 0 Å². The van der Waals surface area contributed by atoms with Gasteiger partial charge in [-0.15, -0.1) is 0 Å². The predicted molar refractivity (Wildman–Crippen MR) is 117 cm³/mol. The Morgan fingerprint density at radius 3 is 2.45 bits per heavy atom. The number of amides is 1. The van der Waals surface area contributed by atoms with Gasteiger partial charge in [-0.3, -0.25) is 9.59 Å². The van der Waals surface area contributed by atoms with Crippen LogP contribution in [0, 0.1) is 5.92 Å². The molecule has 1 N–H and O–H groups in total. The van der Waals surface area contributed by atoms with Crippen LogP contribution in [-0.4, -0.2) is 31.8 Å². The Morgan fingerprint density at radius 2 is 1.69 bits per heavy atom. The minimum absolute atomic E-state index is 0.0769. The van der Waals surface area contributed by atoms with Crippen LogP contribution in [-0.2, 0) is 11.2 Å². The number of aldehydes is 1. The lowest BCUT2D eigenvalue weighted by atomic mass is 9.95. The van der Waals surface area contributed by atoms with E-state index in [2.05, 4.69) is 52.7 Å². The van der Waals surface area contributed by atoms with Crippen molar-refractivity contribution in [2.45, 2.75) is 19.3 Å². The molecule has 0 spiro atoms. The minimum Gasteiger partial charge on any atom is -0.371 e. The second-order valence-electron chi connectivity index (χ2n) is 7.65. The molecule has 1 aliphatic heterocycles. The number of fused-ring (bicyclic) bond motifs is 1. The second kappa shape index (κ2) is 8.91. The summed E-state index contributed by atoms with van der Waals surface area (Å²) in [7, 11) is 0. The molecule has 1 amide bonds. The number of nitrogens with zero attached hydrogens (tertiary/aromatic N) is 1. The molecule has 0 radical (unpaired) electrons. The minimum atomic E-state index is 0.0769. The van der Waals surface area contributed by atoms with E-state index in [9.17, 15) is 9.59 Å². The van der Waals surface area contributed by atoms with E-state index in [1.165, 1.54) is 16.3 Å². The zero-order valence-electron chi connectivity index (χ0n) is 16.5. The highest BCUT2D eigenvalue weighted by atomic mass is 16.1. The monoisotopic (exact) mass is 386 g/mol. The van der Waals surface area contributed by atoms with Crippen molar-refractivity contribution in [2.24, 2.45) is 5.92 Å². The summed E-state index contributed by atoms with van der Waals surface area (Å²) < 4.78 is 0. The standard InChI is InChI=1S/C25H26N2O2/c28-18-19-8-10-23(11-9-19)27-16-13-22(14-17-27)25(29)26-15-12-21-6-3-5-20-4-1-2-7-24(20)21/h1-11,18,22H,12-17H2,(H,26,29). The molecule has 0 saturated carbocycles. The molecule has 1 saturated heterocycles. The third-order valence-corrected chi connectivity index (χ3v) is 5.83. The van der Waals surface area contributed by atoms with Gasteiger partial charge in [-0.25, -0.2) is 0 Å². The largest absolute Gasteiger partial charge is 0.371 e. The van der Waals surface area contributed by atoms with Crippen molar-refractivity contribution in [1.82, 2.24) is 5.32 Å². The third kappa shape index (κ3) is 4.48. The molecule has 0 aliphatic carbocycles. The van der Waals surface area contributed by atoms with E-state index in [0.717, 1.165) is 44.3 Å². The molecule has 0 atom stereocenters. The number of piperidine rings is 1. The summed E-state index contributed by atoms with van der Waals surface area (Å²) in [6, 6.07) is 22.4. The Balaban J connectivity index is 1.27. The van der Waals surface area contributed by atoms with E-state index in [1.54, 1.807) is 0 Å². The first-order chi connectivity index (χ1) is 14.2. The second-order valence-corrected chi connectivity index (χ2v) is 7.65. The van der Waals surface area contributed by atoms with Gasteiger partial charge in [0.15, 0.2) is 0 Å². The van der Waals surface area contributed by atoms with Gasteiger partial charge in [0.2, 0.25) is 5.91 Å². The average molecular weight is 386 g/mol. The fraction of sp³-hybridized carbons (Fsp3) is 0.280. The molecule has 4 rings (SSSR count). The summed E-state index contributed by atoms with van der Waals surface area (Å²) in [5.74, 6) is 0.245. The summed E-state index contributed by atoms with van der Waals surface area (Å²) in [5.41, 5.74) is 3.08. The first-order valence-corrected chi connectivity index (χ1v) is 10.3. The number of carbonyl (C=O) groups is 2. The molecule has 0 bridgehead atoms. The number of anilines is 1. The number of hydrogen-bond acceptors (Lipinski definition) is 3. The molecule has 1 aliphatic rings. The Hall–Kier alpha value is -3.14. The highest BCUT2D eigenvalue weighted by Crippen LogP contribution is 2.24. The smallest absolute Gasteiger partial charge is 0.223 e. The van der Waals surface area contributed by atoms with Gasteiger partial charge in [0.1, 0.15) is 6.29 Å². The van der Waals surface area contributed by atoms with Crippen LogP contribution in [0.25, 0.3) is 10.8 Å². The molecule has 4 heteroatoms. The molecule has 0 aromatic heterocycles. The topological polar surface area (TPSA) is 49.4 Å². The Morgan fingerprint density at radius 1 is 0.966 bits per heavy atom. The van der Waals surface area contributed by atoms with Gasteiger partial charge >= 0.3 is 0 Å². The normalized spacial score (nSPS) is 14.7. The molecule has 29 heavy (non-hydrogen) atoms. The van der Waals surface area contributed by atoms with Crippen LogP contribution >= 0.6 is 0 Å². The van der Waals surface area contributed by atoms with Crippen LogP contribution in [0.15, 0.2) is 66.7 Å². The number of rotatable bonds is 6. The van der Waals surface area contributed by atoms with Crippen molar-refractivity contribution in [3.63, 3.8) is 0 Å². The maximum absolute atomic E-state index is 12.6. The van der Waals surface area contributed by atoms with E-state index in [-0.39, 0.29) is 11.8 Å². The predicted octanol–water partition coefficient (Wildman–Crippen LogP) is 4.23. The summed E-state index contributed by atoms with van der Waals surface area (Å²) in [6.07, 6.45) is 3.42. The Bertz CT molecular complexity index is 984. The van der Waals surface area contributed by atoms with Crippen LogP contribution < -0.4 is 10.2 Å². The van der Waals surface area contributed by atoms with E-state index in [0.29, 0.717) is 12.1 Å². The maximum atomic E-state index is 12.6. The van der Waals surface area contributed by atoms with E-state index in [4.69, 9.17) is 0 Å². The lowest BCUT2D eigenvalue weighted by Crippen LogP contribution is -2.41. The molecule has 3 aromatic carbocycles. The molecular weight excluding hydrogens is 360 g/mol. The summed E-state index contributed by atoms with van der Waals surface area (Å²) in [4.78, 5) is 25.7. The fourth-order valence-corrected chi connectivity index (χ4v) is 4.14. The number of carbonyl (C=O) groups excluding carboxylic acids is 2. The van der Waals surface area contributed by atoms with Crippen LogP contribution in [0.5, 0.6) is 0 Å². The molecule has 0 unspecified atom stereocenters. The van der Waals surface area contributed by atoms with Gasteiger partial charge in [-0.05, 0) is 59.9 Å². The van der Waals surface area contributed by atoms with Gasteiger partial charge in [0.05, 0.1) is 0 Å². The Labute approximate surface area is 171 Å². The molecule has 1 fully saturated rings. The quantitative estimate of drug-likeness (QED) is 0.645. The van der Waals surface area contributed by atoms with Gasteiger partial charge in [-0.1, -0.05) is 42.5 Å². The molecule has 3 aromatic rings. The van der Waals surface area contributed by atoms with Gasteiger partial charge in [-0.2, -0.15) is 0 Å². The van der Waals surface area contributed by atoms with Crippen molar-refractivity contribution in [3.8, 4) is 0 Å². The third-order valence-electron chi connectivity index (χ3n) is 5.83. The Kier molecular flexibility index (Phi) is 5.89. The van der Waals surface area contributed by atoms with Crippen LogP contribution in [0.2, 0.25) is 0 Å². The van der Waals surface area contributed by atoms with Crippen molar-refractivity contribution >= 4 is 28.7 Å². The number of hydrogen-bond donors (Lipinski definition) is 1. The highest BCUT2D eigenvalue weighted by Gasteiger charge is 2.24. The van der Waals surface area contributed by atoms with Crippen LogP contribution in [0.3, 0.4) is 0 Å². The average Bonchev–Trinajstić information content (AvgIpc) is 2.79. The zero-order valence-corrected chi connectivity index (χ0v) is 16.5. The van der Waals surface area contributed by atoms with E-state index >= 15 is 0 Å². The lowest BCUT2D eigenvalue weighted by molar-refractivity contribution is -0.125. The number of nitrogens with one attached hydrogen (secondary N) is 1. The molecule has 148 valence electrons. The van der Waals surface area contributed by atoms with E-state index in [1.807, 2.05) is 24.3 Å². The molecule has 4 nitrogen and oxygen atoms in total. The summed E-state index contributed by atoms with van der Waals surface area (Å²) in [6.45, 7) is 2.39. The maximum Gasteiger partial charge on any atom is 0.223 e. The summed E-state index contributed by atoms with van der Waals surface area (Å²) in [5, 5.41) is 5.64. The van der Waals surface area contributed by atoms with Crippen LogP contribution in [0.4, 0.5) is 5.69 Å². The first kappa shape index (κ1) is 19.2. The van der Waals surface area contributed by atoms with E-state index < -0.39 is 0 Å². The van der Waals surface area contributed by atoms with Crippen molar-refractivity contribution in [3.05, 3.63) is 77.9 Å². The lowest BCUT2D eigenvalue weighted by Gasteiger charge is -2.33. The molecular formula is C25H26N2O2. The fourth-order valence-electron chi connectivity index (χ4n) is 4.14. The summed E-state index contributed by atoms with van der Waals surface area (Å²) >= 11 is 0. The van der Waals surface area contributed by atoms with Crippen molar-refractivity contribution < 1.29 is 9.59 Å². The highest BCUT2D eigenvalue weighted by molar-refractivity contribution is 5.85. The number of benzene rings is 3. The first-order valence-electron chi connectivity index (χ1n) is 10.3. The van der Waals surface area contributed by atoms with Gasteiger partial charge in [0, 0.05) is 36.8 Å². The van der Waals surface area contributed by atoms with Crippen LogP contribution in [0.1, 0.15) is 28.8 Å². The van der Waals surface area contributed by atoms with Gasteiger partial charge < -0.3 is 10.2 Å². The SMILES string of the molecule is O=Cc1ccc(N2CCC(C(=O)NCCc3cccc4ccccc34)CC2)cc1. The van der Waals surface area contributed by atoms with Crippen molar-refractivity contribution in [2.75, 3.05) is 24.5 Å². The van der Waals surface area contributed by atoms with Gasteiger partial charge in [0.25, 0.3) is 0 Å². The molecule has 1 heterocycles.